The summed E-state index contributed by atoms with van der Waals surface area (Å²) < 4.78 is 5.96. The predicted molar refractivity (Wildman–Crippen MR) is 116 cm³/mol. The highest BCUT2D eigenvalue weighted by atomic mass is 16.6. The van der Waals surface area contributed by atoms with Crippen LogP contribution >= 0.6 is 0 Å². The average Bonchev–Trinajstić information content (AvgIpc) is 3.01. The van der Waals surface area contributed by atoms with E-state index in [0.717, 1.165) is 45.6 Å². The summed E-state index contributed by atoms with van der Waals surface area (Å²) in [5.41, 5.74) is 4.81. The Morgan fingerprint density at radius 3 is 2.66 bits per heavy atom. The highest BCUT2D eigenvalue weighted by Gasteiger charge is 2.53. The lowest BCUT2D eigenvalue weighted by atomic mass is 9.59. The minimum Gasteiger partial charge on any atom is -0.462 e. The maximum absolute atomic E-state index is 12.8. The number of carbonyl (C=O) groups is 1. The minimum atomic E-state index is 0.0510. The topological polar surface area (TPSA) is 32.8 Å². The molecule has 0 spiro atoms. The molecule has 4 heteroatoms. The van der Waals surface area contributed by atoms with E-state index >= 15 is 0 Å². The van der Waals surface area contributed by atoms with Crippen LogP contribution in [0.3, 0.4) is 0 Å². The fraction of sp³-hybridized carbons (Fsp3) is 0.640. The number of fused-ring (bicyclic) bond motifs is 2. The van der Waals surface area contributed by atoms with E-state index in [-0.39, 0.29) is 23.4 Å². The van der Waals surface area contributed by atoms with Crippen molar-refractivity contribution < 1.29 is 9.53 Å². The van der Waals surface area contributed by atoms with Gasteiger partial charge in [-0.1, -0.05) is 36.3 Å². The van der Waals surface area contributed by atoms with Crippen molar-refractivity contribution in [3.8, 4) is 0 Å². The van der Waals surface area contributed by atoms with Gasteiger partial charge in [0.15, 0.2) is 0 Å². The number of benzene rings is 1. The molecule has 0 radical (unpaired) electrons. The molecular weight excluding hydrogens is 360 g/mol. The van der Waals surface area contributed by atoms with Crippen molar-refractivity contribution in [2.45, 2.75) is 52.1 Å². The zero-order valence-corrected chi connectivity index (χ0v) is 17.9. The Morgan fingerprint density at radius 2 is 1.90 bits per heavy atom. The van der Waals surface area contributed by atoms with Crippen LogP contribution in [0.5, 0.6) is 0 Å². The van der Waals surface area contributed by atoms with Crippen molar-refractivity contribution in [1.82, 2.24) is 4.90 Å². The number of anilines is 1. The highest BCUT2D eigenvalue weighted by molar-refractivity contribution is 5.76. The molecule has 4 aliphatic rings. The standard InChI is InChI=1S/C25H34N2O2/c1-18-7-6-10-25(2)16-23-20(15-22(18)25)21(24(28)29-23)17-26-11-13-27(14-12-26)19-8-4-3-5-9-19/h3-5,8-9,20-21,23H,6-7,10-17H2,1-2H3/t20-,21?,23-,25-/m1/s1. The zero-order valence-electron chi connectivity index (χ0n) is 17.9. The molecule has 0 amide bonds. The van der Waals surface area contributed by atoms with Gasteiger partial charge in [0.2, 0.25) is 0 Å². The zero-order chi connectivity index (χ0) is 20.0. The number of para-hydroxylation sites is 1. The van der Waals surface area contributed by atoms with Crippen LogP contribution in [-0.4, -0.2) is 49.7 Å². The van der Waals surface area contributed by atoms with Gasteiger partial charge >= 0.3 is 5.97 Å². The summed E-state index contributed by atoms with van der Waals surface area (Å²) in [5.74, 6) is 0.492. The first-order valence-electron chi connectivity index (χ1n) is 11.5. The van der Waals surface area contributed by atoms with Crippen molar-refractivity contribution in [3.05, 3.63) is 41.5 Å². The summed E-state index contributed by atoms with van der Waals surface area (Å²) >= 11 is 0. The molecular formula is C25H34N2O2. The molecule has 1 aromatic carbocycles. The number of hydrogen-bond acceptors (Lipinski definition) is 4. The van der Waals surface area contributed by atoms with Crippen LogP contribution in [-0.2, 0) is 9.53 Å². The van der Waals surface area contributed by atoms with E-state index in [1.54, 1.807) is 11.1 Å². The van der Waals surface area contributed by atoms with E-state index < -0.39 is 0 Å². The second kappa shape index (κ2) is 7.46. The van der Waals surface area contributed by atoms with Gasteiger partial charge in [0, 0.05) is 44.3 Å². The highest BCUT2D eigenvalue weighted by Crippen LogP contribution is 2.55. The first kappa shape index (κ1) is 19.2. The van der Waals surface area contributed by atoms with E-state index in [9.17, 15) is 4.79 Å². The van der Waals surface area contributed by atoms with Crippen LogP contribution in [0.2, 0.25) is 0 Å². The molecule has 0 aromatic heterocycles. The van der Waals surface area contributed by atoms with Crippen LogP contribution in [0.4, 0.5) is 5.69 Å². The third-order valence-electron chi connectivity index (χ3n) is 8.13. The second-order valence-corrected chi connectivity index (χ2v) is 9.95. The van der Waals surface area contributed by atoms with Gasteiger partial charge < -0.3 is 9.64 Å². The van der Waals surface area contributed by atoms with E-state index in [4.69, 9.17) is 4.74 Å². The van der Waals surface area contributed by atoms with E-state index in [1.165, 1.54) is 24.9 Å². The van der Waals surface area contributed by atoms with Gasteiger partial charge in [0.25, 0.3) is 0 Å². The number of nitrogens with zero attached hydrogens (tertiary/aromatic N) is 2. The molecule has 5 rings (SSSR count). The Kier molecular flexibility index (Phi) is 4.93. The molecule has 4 nitrogen and oxygen atoms in total. The Morgan fingerprint density at radius 1 is 1.14 bits per heavy atom. The normalized spacial score (nSPS) is 35.3. The minimum absolute atomic E-state index is 0.0510. The third-order valence-corrected chi connectivity index (χ3v) is 8.13. The molecule has 2 heterocycles. The molecule has 1 saturated carbocycles. The van der Waals surface area contributed by atoms with Crippen LogP contribution < -0.4 is 4.90 Å². The Balaban J connectivity index is 1.25. The van der Waals surface area contributed by atoms with Crippen molar-refractivity contribution >= 4 is 11.7 Å². The smallest absolute Gasteiger partial charge is 0.310 e. The molecule has 0 bridgehead atoms. The van der Waals surface area contributed by atoms with Crippen LogP contribution in [0.1, 0.15) is 46.0 Å². The largest absolute Gasteiger partial charge is 0.462 e. The van der Waals surface area contributed by atoms with Gasteiger partial charge in [-0.2, -0.15) is 0 Å². The van der Waals surface area contributed by atoms with Crippen LogP contribution in [0.25, 0.3) is 0 Å². The summed E-state index contributed by atoms with van der Waals surface area (Å²) in [4.78, 5) is 17.8. The number of esters is 1. The van der Waals surface area contributed by atoms with E-state index in [1.807, 2.05) is 0 Å². The lowest BCUT2D eigenvalue weighted by Crippen LogP contribution is -2.49. The molecule has 0 N–H and O–H groups in total. The molecule has 2 saturated heterocycles. The molecule has 156 valence electrons. The van der Waals surface area contributed by atoms with Gasteiger partial charge in [0.05, 0.1) is 5.92 Å². The van der Waals surface area contributed by atoms with Gasteiger partial charge in [-0.25, -0.2) is 0 Å². The maximum atomic E-state index is 12.8. The summed E-state index contributed by atoms with van der Waals surface area (Å²) in [6.07, 6.45) is 6.03. The molecule has 29 heavy (non-hydrogen) atoms. The lowest BCUT2D eigenvalue weighted by molar-refractivity contribution is -0.145. The number of hydrogen-bond donors (Lipinski definition) is 0. The van der Waals surface area contributed by atoms with Gasteiger partial charge in [-0.3, -0.25) is 9.69 Å². The molecule has 2 aliphatic carbocycles. The Labute approximate surface area is 174 Å². The fourth-order valence-corrected chi connectivity index (χ4v) is 6.43. The Bertz CT molecular complexity index is 796. The van der Waals surface area contributed by atoms with Crippen LogP contribution in [0, 0.1) is 17.3 Å². The van der Waals surface area contributed by atoms with Gasteiger partial charge in [-0.15, -0.1) is 0 Å². The molecule has 1 aromatic rings. The fourth-order valence-electron chi connectivity index (χ4n) is 6.43. The quantitative estimate of drug-likeness (QED) is 0.566. The first-order valence-corrected chi connectivity index (χ1v) is 11.5. The van der Waals surface area contributed by atoms with E-state index in [0.29, 0.717) is 5.92 Å². The van der Waals surface area contributed by atoms with Crippen molar-refractivity contribution in [3.63, 3.8) is 0 Å². The molecule has 2 aliphatic heterocycles. The summed E-state index contributed by atoms with van der Waals surface area (Å²) in [6.45, 7) is 9.70. The first-order chi connectivity index (χ1) is 14.0. The van der Waals surface area contributed by atoms with Crippen molar-refractivity contribution in [2.75, 3.05) is 37.6 Å². The number of piperazine rings is 1. The predicted octanol–water partition coefficient (Wildman–Crippen LogP) is 4.27. The van der Waals surface area contributed by atoms with E-state index in [2.05, 4.69) is 54.0 Å². The molecule has 4 atom stereocenters. The monoisotopic (exact) mass is 394 g/mol. The summed E-state index contributed by atoms with van der Waals surface area (Å²) in [7, 11) is 0. The third kappa shape index (κ3) is 3.50. The van der Waals surface area contributed by atoms with Crippen molar-refractivity contribution in [2.24, 2.45) is 17.3 Å². The van der Waals surface area contributed by atoms with Crippen LogP contribution in [0.15, 0.2) is 41.5 Å². The maximum Gasteiger partial charge on any atom is 0.310 e. The lowest BCUT2D eigenvalue weighted by Gasteiger charge is -2.46. The van der Waals surface area contributed by atoms with Crippen molar-refractivity contribution in [1.29, 1.82) is 0 Å². The van der Waals surface area contributed by atoms with Gasteiger partial charge in [-0.05, 0) is 56.6 Å². The number of ether oxygens (including phenoxy) is 1. The average molecular weight is 395 g/mol. The number of rotatable bonds is 3. The Hall–Kier alpha value is -1.81. The second-order valence-electron chi connectivity index (χ2n) is 9.95. The van der Waals surface area contributed by atoms with Gasteiger partial charge in [0.1, 0.15) is 6.10 Å². The number of carbonyl (C=O) groups excluding carboxylic acids is 1. The molecule has 1 unspecified atom stereocenters. The molecule has 3 fully saturated rings. The number of allylic oxidation sites excluding steroid dienone is 2. The summed E-state index contributed by atoms with van der Waals surface area (Å²) in [5, 5.41) is 0. The SMILES string of the molecule is CC1=C2C[C@@H]3C(CN4CCN(c5ccccc5)CC4)C(=O)O[C@@H]3C[C@@]2(C)CCC1. The summed E-state index contributed by atoms with van der Waals surface area (Å²) in [6, 6.07) is 10.7.